The molecule has 5 heteroatoms. The number of hydrogen-bond donors (Lipinski definition) is 0. The van der Waals surface area contributed by atoms with Crippen LogP contribution < -0.4 is 0 Å². The van der Waals surface area contributed by atoms with E-state index >= 15 is 0 Å². The highest BCUT2D eigenvalue weighted by Gasteiger charge is 2.37. The Kier molecular flexibility index (Phi) is 7.95. The summed E-state index contributed by atoms with van der Waals surface area (Å²) < 4.78 is 6.62. The molecule has 9 aromatic rings. The maximum absolute atomic E-state index is 9.30. The van der Waals surface area contributed by atoms with Crippen LogP contribution in [0.4, 0.5) is 0 Å². The highest BCUT2D eigenvalue weighted by molar-refractivity contribution is 6.13. The molecule has 1 aliphatic rings. The zero-order valence-electron chi connectivity index (χ0n) is 32.5. The summed E-state index contributed by atoms with van der Waals surface area (Å²) in [6.07, 6.45) is 2.31. The number of nitriles is 1. The zero-order valence-corrected chi connectivity index (χ0v) is 32.5. The van der Waals surface area contributed by atoms with E-state index < -0.39 is 0 Å². The number of rotatable bonds is 5. The summed E-state index contributed by atoms with van der Waals surface area (Å²) >= 11 is 0. The van der Waals surface area contributed by atoms with Gasteiger partial charge in [-0.05, 0) is 104 Å². The number of nitrogens with zero attached hydrogens (tertiary/aromatic N) is 4. The number of benzene rings is 7. The Morgan fingerprint density at radius 3 is 1.84 bits per heavy atom. The van der Waals surface area contributed by atoms with Gasteiger partial charge in [0.2, 0.25) is 0 Å². The second kappa shape index (κ2) is 13.1. The van der Waals surface area contributed by atoms with E-state index in [-0.39, 0.29) is 10.8 Å². The van der Waals surface area contributed by atoms with Crippen molar-refractivity contribution in [3.63, 3.8) is 0 Å². The summed E-state index contributed by atoms with van der Waals surface area (Å²) in [6, 6.07) is 52.5. The van der Waals surface area contributed by atoms with Crippen LogP contribution in [0.5, 0.6) is 0 Å². The minimum Gasteiger partial charge on any atom is -0.456 e. The second-order valence-corrected chi connectivity index (χ2v) is 16.7. The van der Waals surface area contributed by atoms with Gasteiger partial charge in [0, 0.05) is 27.5 Å². The van der Waals surface area contributed by atoms with Gasteiger partial charge in [0.1, 0.15) is 11.2 Å². The van der Waals surface area contributed by atoms with Gasteiger partial charge in [0.05, 0.1) is 11.6 Å². The number of fused-ring (bicyclic) bond motifs is 5. The molecule has 10 rings (SSSR count). The molecule has 1 aliphatic carbocycles. The van der Waals surface area contributed by atoms with E-state index in [0.717, 1.165) is 78.1 Å². The van der Waals surface area contributed by atoms with E-state index in [1.807, 2.05) is 36.4 Å². The van der Waals surface area contributed by atoms with Gasteiger partial charge in [0.15, 0.2) is 17.5 Å². The van der Waals surface area contributed by atoms with Crippen LogP contribution in [-0.4, -0.2) is 15.0 Å². The lowest BCUT2D eigenvalue weighted by atomic mass is 9.63. The van der Waals surface area contributed by atoms with E-state index in [0.29, 0.717) is 23.0 Å². The Balaban J connectivity index is 1.19. The molecule has 274 valence electrons. The molecule has 0 saturated carbocycles. The molecule has 57 heavy (non-hydrogen) atoms. The van der Waals surface area contributed by atoms with Crippen molar-refractivity contribution < 1.29 is 4.42 Å². The summed E-state index contributed by atoms with van der Waals surface area (Å²) in [5.74, 6) is 1.76. The van der Waals surface area contributed by atoms with E-state index in [1.165, 1.54) is 17.5 Å². The minimum atomic E-state index is 0.0701. The molecule has 2 heterocycles. The van der Waals surface area contributed by atoms with Gasteiger partial charge in [-0.25, -0.2) is 15.0 Å². The van der Waals surface area contributed by atoms with E-state index in [4.69, 9.17) is 19.4 Å². The average Bonchev–Trinajstić information content (AvgIpc) is 3.63. The molecule has 0 N–H and O–H groups in total. The Morgan fingerprint density at radius 1 is 0.491 bits per heavy atom. The Morgan fingerprint density at radius 2 is 1.09 bits per heavy atom. The zero-order chi connectivity index (χ0) is 38.9. The molecule has 0 saturated heterocycles. The molecule has 0 unspecified atom stereocenters. The summed E-state index contributed by atoms with van der Waals surface area (Å²) in [5, 5.41) is 13.6. The van der Waals surface area contributed by atoms with Gasteiger partial charge in [-0.1, -0.05) is 137 Å². The van der Waals surface area contributed by atoms with Crippen LogP contribution >= 0.6 is 0 Å². The van der Waals surface area contributed by atoms with Gasteiger partial charge in [0.25, 0.3) is 0 Å². The van der Waals surface area contributed by atoms with E-state index in [1.54, 1.807) is 0 Å². The van der Waals surface area contributed by atoms with E-state index in [2.05, 4.69) is 143 Å². The van der Waals surface area contributed by atoms with Gasteiger partial charge in [-0.2, -0.15) is 5.26 Å². The van der Waals surface area contributed by atoms with Gasteiger partial charge in [-0.15, -0.1) is 0 Å². The lowest BCUT2D eigenvalue weighted by Crippen LogP contribution is -2.33. The first-order chi connectivity index (χ1) is 27.6. The molecule has 0 fully saturated rings. The smallest absolute Gasteiger partial charge is 0.164 e. The van der Waals surface area contributed by atoms with Crippen LogP contribution in [0.15, 0.2) is 150 Å². The van der Waals surface area contributed by atoms with Crippen molar-refractivity contribution >= 4 is 32.7 Å². The summed E-state index contributed by atoms with van der Waals surface area (Å²) in [6.45, 7) is 9.48. The lowest BCUT2D eigenvalue weighted by Gasteiger charge is -2.42. The van der Waals surface area contributed by atoms with Crippen molar-refractivity contribution in [1.82, 2.24) is 15.0 Å². The summed E-state index contributed by atoms with van der Waals surface area (Å²) in [4.78, 5) is 15.7. The van der Waals surface area contributed by atoms with Crippen molar-refractivity contribution in [3.05, 3.63) is 162 Å². The first kappa shape index (κ1) is 34.6. The maximum atomic E-state index is 9.30. The van der Waals surface area contributed by atoms with Gasteiger partial charge >= 0.3 is 0 Å². The third-order valence-electron chi connectivity index (χ3n) is 12.0. The molecule has 0 atom stereocenters. The van der Waals surface area contributed by atoms with Crippen LogP contribution in [0.1, 0.15) is 57.2 Å². The molecule has 5 nitrogen and oxygen atoms in total. The SMILES string of the molecule is CC1(C)CCC(C)(C)c2cc(-c3cc(-c4nc(-c5ccc(-c6ccc(C#N)cc6)cc5)nc(-c5ccc6ccccc6c5)n4)c4c(c3)oc3ccccc34)ccc21. The monoisotopic (exact) mass is 736 g/mol. The quantitative estimate of drug-likeness (QED) is 0.176. The van der Waals surface area contributed by atoms with Crippen LogP contribution in [-0.2, 0) is 10.8 Å². The largest absolute Gasteiger partial charge is 0.456 e. The van der Waals surface area contributed by atoms with Crippen molar-refractivity contribution in [2.45, 2.75) is 51.4 Å². The molecule has 0 spiro atoms. The molecule has 0 radical (unpaired) electrons. The Hall–Kier alpha value is -6.90. The average molecular weight is 737 g/mol. The van der Waals surface area contributed by atoms with Crippen LogP contribution in [0.2, 0.25) is 0 Å². The molecular weight excluding hydrogens is 697 g/mol. The van der Waals surface area contributed by atoms with Crippen LogP contribution in [0.3, 0.4) is 0 Å². The topological polar surface area (TPSA) is 75.6 Å². The fraction of sp³-hybridized carbons (Fsp3) is 0.154. The predicted octanol–water partition coefficient (Wildman–Crippen LogP) is 13.5. The number of aromatic nitrogens is 3. The molecule has 0 aliphatic heterocycles. The van der Waals surface area contributed by atoms with Crippen LogP contribution in [0, 0.1) is 11.3 Å². The highest BCUT2D eigenvalue weighted by atomic mass is 16.3. The van der Waals surface area contributed by atoms with E-state index in [9.17, 15) is 5.26 Å². The summed E-state index contributed by atoms with van der Waals surface area (Å²) in [7, 11) is 0. The first-order valence-corrected chi connectivity index (χ1v) is 19.6. The van der Waals surface area contributed by atoms with Crippen LogP contribution in [0.25, 0.3) is 89.1 Å². The predicted molar refractivity (Wildman–Crippen MR) is 232 cm³/mol. The standard InChI is InChI=1S/C52H40N4O/c1-51(2)25-26-52(3,4)44-29-38(23-24-43(44)51)40-28-42(47-41-11-7-8-12-45(41)57-46(47)30-40)50-55-48(36-20-17-35(18-21-36)34-15-13-32(31-53)14-16-34)54-49(56-50)39-22-19-33-9-5-6-10-37(33)27-39/h5-24,27-30H,25-26H2,1-4H3. The normalized spacial score (nSPS) is 14.4. The maximum Gasteiger partial charge on any atom is 0.164 e. The minimum absolute atomic E-state index is 0.0701. The first-order valence-electron chi connectivity index (χ1n) is 19.6. The van der Waals surface area contributed by atoms with Gasteiger partial charge in [-0.3, -0.25) is 0 Å². The fourth-order valence-electron chi connectivity index (χ4n) is 8.60. The number of para-hydroxylation sites is 1. The van der Waals surface area contributed by atoms with Crippen molar-refractivity contribution in [3.8, 4) is 62.5 Å². The third-order valence-corrected chi connectivity index (χ3v) is 12.0. The number of hydrogen-bond acceptors (Lipinski definition) is 5. The van der Waals surface area contributed by atoms with Gasteiger partial charge < -0.3 is 4.42 Å². The third kappa shape index (κ3) is 6.06. The lowest BCUT2D eigenvalue weighted by molar-refractivity contribution is 0.332. The molecule has 2 aromatic heterocycles. The molecule has 7 aromatic carbocycles. The fourth-order valence-corrected chi connectivity index (χ4v) is 8.60. The highest BCUT2D eigenvalue weighted by Crippen LogP contribution is 2.48. The molecule has 0 amide bonds. The number of furan rings is 1. The second-order valence-electron chi connectivity index (χ2n) is 16.7. The van der Waals surface area contributed by atoms with Crippen molar-refractivity contribution in [1.29, 1.82) is 5.26 Å². The van der Waals surface area contributed by atoms with Crippen molar-refractivity contribution in [2.24, 2.45) is 0 Å². The van der Waals surface area contributed by atoms with Crippen molar-refractivity contribution in [2.75, 3.05) is 0 Å². The Bertz CT molecular complexity index is 3070. The summed E-state index contributed by atoms with van der Waals surface area (Å²) in [5.41, 5.74) is 12.2. The molecule has 0 bridgehead atoms. The Labute approximate surface area is 332 Å². The molecular formula is C52H40N4O.